The van der Waals surface area contributed by atoms with Crippen LogP contribution >= 0.6 is 11.6 Å². The molecule has 0 rings (SSSR count). The van der Waals surface area contributed by atoms with Gasteiger partial charge >= 0.3 is 0 Å². The molecule has 1 nitrogen and oxygen atoms in total. The summed E-state index contributed by atoms with van der Waals surface area (Å²) in [6, 6.07) is 0. The summed E-state index contributed by atoms with van der Waals surface area (Å²) < 4.78 is 0. The number of alkyl halides is 1. The maximum Gasteiger partial charge on any atom is 0.0446 e. The van der Waals surface area contributed by atoms with Gasteiger partial charge in [-0.1, -0.05) is 213 Å². The summed E-state index contributed by atoms with van der Waals surface area (Å²) in [4.78, 5) is 0.0977. The predicted molar refractivity (Wildman–Crippen MR) is 183 cm³/mol. The van der Waals surface area contributed by atoms with Crippen molar-refractivity contribution >= 4 is 11.6 Å². The van der Waals surface area contributed by atoms with Gasteiger partial charge in [-0.2, -0.15) is 0 Å². The molecule has 39 heavy (non-hydrogen) atoms. The second-order valence-corrected chi connectivity index (χ2v) is 13.7. The van der Waals surface area contributed by atoms with Crippen LogP contribution < -0.4 is 6.15 Å². The predicted octanol–water partition coefficient (Wildman–Crippen LogP) is 15.1. The van der Waals surface area contributed by atoms with Crippen LogP contribution in [0.5, 0.6) is 0 Å². The molecule has 0 unspecified atom stereocenters. The molecule has 0 amide bonds. The SMILES string of the molecule is CCCCCCCCCCCCC(Cl)(CCCCCCCCCCCC)CCCCCCCCCCCC.N. The van der Waals surface area contributed by atoms with Crippen molar-refractivity contribution < 1.29 is 0 Å². The van der Waals surface area contributed by atoms with E-state index in [1.54, 1.807) is 0 Å². The highest BCUT2D eigenvalue weighted by molar-refractivity contribution is 6.23. The zero-order valence-corrected chi connectivity index (χ0v) is 28.7. The van der Waals surface area contributed by atoms with E-state index in [4.69, 9.17) is 11.6 Å². The molecule has 0 aliphatic carbocycles. The Kier molecular flexibility index (Phi) is 36.6. The van der Waals surface area contributed by atoms with Crippen LogP contribution in [0, 0.1) is 0 Å². The Balaban J connectivity index is 0. The van der Waals surface area contributed by atoms with Crippen molar-refractivity contribution in [3.05, 3.63) is 0 Å². The normalized spacial score (nSPS) is 11.7. The van der Waals surface area contributed by atoms with E-state index in [-0.39, 0.29) is 11.0 Å². The molecule has 0 bridgehead atoms. The van der Waals surface area contributed by atoms with Crippen LogP contribution in [0.15, 0.2) is 0 Å². The minimum atomic E-state index is 0. The highest BCUT2D eigenvalue weighted by atomic mass is 35.5. The van der Waals surface area contributed by atoms with Crippen LogP contribution in [0.4, 0.5) is 0 Å². The summed E-state index contributed by atoms with van der Waals surface area (Å²) in [5.74, 6) is 0. The van der Waals surface area contributed by atoms with E-state index >= 15 is 0 Å². The molecule has 0 atom stereocenters. The van der Waals surface area contributed by atoms with Gasteiger partial charge in [-0.15, -0.1) is 11.6 Å². The summed E-state index contributed by atoms with van der Waals surface area (Å²) in [5.41, 5.74) is 0. The molecule has 238 valence electrons. The first-order chi connectivity index (χ1) is 18.7. The molecule has 0 heterocycles. The van der Waals surface area contributed by atoms with Crippen molar-refractivity contribution in [3.63, 3.8) is 0 Å². The molecule has 0 aliphatic heterocycles. The molecule has 2 heteroatoms. The topological polar surface area (TPSA) is 35.0 Å². The van der Waals surface area contributed by atoms with Gasteiger partial charge in [-0.25, -0.2) is 0 Å². The maximum absolute atomic E-state index is 7.37. The van der Waals surface area contributed by atoms with Crippen LogP contribution in [-0.2, 0) is 0 Å². The summed E-state index contributed by atoms with van der Waals surface area (Å²) in [6.07, 6.45) is 46.5. The zero-order valence-electron chi connectivity index (χ0n) is 27.9. The lowest BCUT2D eigenvalue weighted by Crippen LogP contribution is -2.21. The van der Waals surface area contributed by atoms with Crippen LogP contribution in [0.2, 0.25) is 0 Å². The third kappa shape index (κ3) is 32.6. The van der Waals surface area contributed by atoms with Crippen LogP contribution in [0.1, 0.15) is 233 Å². The first-order valence-corrected chi connectivity index (χ1v) is 18.7. The van der Waals surface area contributed by atoms with E-state index in [9.17, 15) is 0 Å². The average Bonchev–Trinajstić information content (AvgIpc) is 2.92. The van der Waals surface area contributed by atoms with Crippen molar-refractivity contribution in [2.45, 2.75) is 238 Å². The second kappa shape index (κ2) is 34.5. The number of rotatable bonds is 33. The Hall–Kier alpha value is 0.250. The minimum absolute atomic E-state index is 0. The molecule has 0 aromatic carbocycles. The lowest BCUT2D eigenvalue weighted by molar-refractivity contribution is 0.394. The van der Waals surface area contributed by atoms with Gasteiger partial charge in [-0.3, -0.25) is 0 Å². The van der Waals surface area contributed by atoms with Crippen LogP contribution in [0.25, 0.3) is 0 Å². The lowest BCUT2D eigenvalue weighted by Gasteiger charge is -2.27. The monoisotopic (exact) mass is 572 g/mol. The molecular formula is C37H78ClN. The van der Waals surface area contributed by atoms with Gasteiger partial charge in [0.1, 0.15) is 0 Å². The fraction of sp³-hybridized carbons (Fsp3) is 1.00. The zero-order chi connectivity index (χ0) is 27.8. The van der Waals surface area contributed by atoms with E-state index in [1.807, 2.05) is 0 Å². The Morgan fingerprint density at radius 3 is 0.615 bits per heavy atom. The average molecular weight is 572 g/mol. The molecule has 0 saturated heterocycles. The van der Waals surface area contributed by atoms with Gasteiger partial charge in [0.05, 0.1) is 0 Å². The largest absolute Gasteiger partial charge is 0.344 e. The smallest absolute Gasteiger partial charge is 0.0446 e. The molecule has 0 aromatic rings. The van der Waals surface area contributed by atoms with Crippen LogP contribution in [0.3, 0.4) is 0 Å². The molecule has 0 aromatic heterocycles. The standard InChI is InChI=1S/C37H75Cl.H3N/c1-4-7-10-13-16-19-22-25-28-31-34-37(38,35-32-29-26-23-20-17-14-11-8-5-2)36-33-30-27-24-21-18-15-12-9-6-3;/h4-36H2,1-3H3;1H3. The molecule has 0 spiro atoms. The Morgan fingerprint density at radius 2 is 0.436 bits per heavy atom. The Morgan fingerprint density at radius 1 is 0.282 bits per heavy atom. The van der Waals surface area contributed by atoms with Crippen molar-refractivity contribution in [2.24, 2.45) is 0 Å². The molecule has 0 radical (unpaired) electrons. The number of hydrogen-bond donors (Lipinski definition) is 1. The minimum Gasteiger partial charge on any atom is -0.344 e. The van der Waals surface area contributed by atoms with Crippen molar-refractivity contribution in [1.29, 1.82) is 0 Å². The third-order valence-electron chi connectivity index (χ3n) is 8.94. The van der Waals surface area contributed by atoms with Gasteiger partial charge in [0.15, 0.2) is 0 Å². The highest BCUT2D eigenvalue weighted by Gasteiger charge is 2.25. The van der Waals surface area contributed by atoms with E-state index in [2.05, 4.69) is 20.8 Å². The fourth-order valence-corrected chi connectivity index (χ4v) is 6.56. The molecule has 0 aliphatic rings. The van der Waals surface area contributed by atoms with Gasteiger partial charge < -0.3 is 6.15 Å². The van der Waals surface area contributed by atoms with E-state index in [0.29, 0.717) is 0 Å². The van der Waals surface area contributed by atoms with Gasteiger partial charge in [-0.05, 0) is 19.3 Å². The third-order valence-corrected chi connectivity index (χ3v) is 9.50. The lowest BCUT2D eigenvalue weighted by atomic mass is 9.88. The summed E-state index contributed by atoms with van der Waals surface area (Å²) in [6.45, 7) is 6.93. The van der Waals surface area contributed by atoms with E-state index < -0.39 is 0 Å². The van der Waals surface area contributed by atoms with Gasteiger partial charge in [0, 0.05) is 4.87 Å². The summed E-state index contributed by atoms with van der Waals surface area (Å²) in [7, 11) is 0. The Bertz CT molecular complexity index is 364. The number of unbranched alkanes of at least 4 members (excludes halogenated alkanes) is 27. The summed E-state index contributed by atoms with van der Waals surface area (Å²) in [5, 5.41) is 0. The van der Waals surface area contributed by atoms with Crippen molar-refractivity contribution in [3.8, 4) is 0 Å². The molecular weight excluding hydrogens is 494 g/mol. The van der Waals surface area contributed by atoms with Crippen molar-refractivity contribution in [2.75, 3.05) is 0 Å². The number of hydrogen-bond acceptors (Lipinski definition) is 1. The fourth-order valence-electron chi connectivity index (χ4n) is 6.16. The second-order valence-electron chi connectivity index (χ2n) is 12.9. The molecule has 0 saturated carbocycles. The van der Waals surface area contributed by atoms with Gasteiger partial charge in [0.2, 0.25) is 0 Å². The highest BCUT2D eigenvalue weighted by Crippen LogP contribution is 2.35. The van der Waals surface area contributed by atoms with Crippen molar-refractivity contribution in [1.82, 2.24) is 6.15 Å². The quantitative estimate of drug-likeness (QED) is 0.0616. The summed E-state index contributed by atoms with van der Waals surface area (Å²) >= 11 is 7.37. The van der Waals surface area contributed by atoms with Crippen LogP contribution in [-0.4, -0.2) is 4.87 Å². The van der Waals surface area contributed by atoms with E-state index in [0.717, 1.165) is 0 Å². The molecule has 0 fully saturated rings. The number of halogens is 1. The maximum atomic E-state index is 7.37. The first kappa shape index (κ1) is 41.4. The first-order valence-electron chi connectivity index (χ1n) is 18.4. The Labute approximate surface area is 254 Å². The van der Waals surface area contributed by atoms with Gasteiger partial charge in [0.25, 0.3) is 0 Å². The molecule has 3 N–H and O–H groups in total. The van der Waals surface area contributed by atoms with E-state index in [1.165, 1.54) is 212 Å².